The normalized spacial score (nSPS) is 12.4. The van der Waals surface area contributed by atoms with Crippen LogP contribution in [0.15, 0.2) is 42.5 Å². The van der Waals surface area contributed by atoms with E-state index in [4.69, 9.17) is 0 Å². The van der Waals surface area contributed by atoms with Crippen molar-refractivity contribution < 1.29 is 10.2 Å². The molecule has 0 heterocycles. The minimum Gasteiger partial charge on any atom is -0.508 e. The number of hydrogen-bond donors (Lipinski definition) is 3. The van der Waals surface area contributed by atoms with Crippen LogP contribution in [0, 0.1) is 0 Å². The Morgan fingerprint density at radius 1 is 1.10 bits per heavy atom. The number of hydrogen-bond acceptors (Lipinski definition) is 4. The third-order valence-electron chi connectivity index (χ3n) is 3.29. The molecule has 0 aromatic heterocycles. The molecule has 1 unspecified atom stereocenters. The Kier molecular flexibility index (Phi) is 4.70. The van der Waals surface area contributed by atoms with Gasteiger partial charge in [0.2, 0.25) is 0 Å². The van der Waals surface area contributed by atoms with Gasteiger partial charge in [0.15, 0.2) is 0 Å². The lowest BCUT2D eigenvalue weighted by Gasteiger charge is -2.18. The van der Waals surface area contributed by atoms with Crippen LogP contribution in [0.5, 0.6) is 11.5 Å². The number of benzene rings is 2. The molecular weight excluding hydrogens is 264 g/mol. The molecule has 112 valence electrons. The van der Waals surface area contributed by atoms with E-state index in [2.05, 4.69) is 22.3 Å². The Hall–Kier alpha value is -2.20. The lowest BCUT2D eigenvalue weighted by molar-refractivity contribution is 0.402. The van der Waals surface area contributed by atoms with Gasteiger partial charge in [-0.1, -0.05) is 12.1 Å². The average molecular weight is 286 g/mol. The van der Waals surface area contributed by atoms with Crippen LogP contribution in [0.25, 0.3) is 0 Å². The lowest BCUT2D eigenvalue weighted by atomic mass is 10.1. The van der Waals surface area contributed by atoms with E-state index in [1.54, 1.807) is 6.07 Å². The second-order valence-electron chi connectivity index (χ2n) is 5.55. The van der Waals surface area contributed by atoms with Gasteiger partial charge in [-0.2, -0.15) is 0 Å². The molecule has 0 aliphatic rings. The van der Waals surface area contributed by atoms with E-state index in [0.717, 1.165) is 12.2 Å². The van der Waals surface area contributed by atoms with E-state index < -0.39 is 0 Å². The SMILES string of the molecule is CC(Nc1cccc(CN(C)C)c1)c1cc(O)ccc1O. The molecule has 0 aliphatic carbocycles. The first-order valence-corrected chi connectivity index (χ1v) is 6.98. The maximum Gasteiger partial charge on any atom is 0.121 e. The zero-order chi connectivity index (χ0) is 15.4. The van der Waals surface area contributed by atoms with Crippen LogP contribution >= 0.6 is 0 Å². The topological polar surface area (TPSA) is 55.7 Å². The smallest absolute Gasteiger partial charge is 0.121 e. The Morgan fingerprint density at radius 2 is 1.86 bits per heavy atom. The molecule has 2 aromatic rings. The minimum absolute atomic E-state index is 0.105. The Labute approximate surface area is 125 Å². The van der Waals surface area contributed by atoms with Crippen LogP contribution < -0.4 is 5.32 Å². The van der Waals surface area contributed by atoms with E-state index in [-0.39, 0.29) is 17.5 Å². The summed E-state index contributed by atoms with van der Waals surface area (Å²) in [6, 6.07) is 12.6. The molecule has 21 heavy (non-hydrogen) atoms. The number of phenolic OH excluding ortho intramolecular Hbond substituents is 2. The van der Waals surface area contributed by atoms with Gasteiger partial charge >= 0.3 is 0 Å². The molecule has 0 saturated heterocycles. The molecule has 0 saturated carbocycles. The van der Waals surface area contributed by atoms with Gasteiger partial charge in [0.1, 0.15) is 11.5 Å². The highest BCUT2D eigenvalue weighted by atomic mass is 16.3. The molecule has 4 nitrogen and oxygen atoms in total. The molecule has 2 aromatic carbocycles. The zero-order valence-corrected chi connectivity index (χ0v) is 12.7. The molecule has 4 heteroatoms. The van der Waals surface area contributed by atoms with Crippen LogP contribution in [-0.4, -0.2) is 29.2 Å². The summed E-state index contributed by atoms with van der Waals surface area (Å²) in [5.41, 5.74) is 2.88. The zero-order valence-electron chi connectivity index (χ0n) is 12.7. The van der Waals surface area contributed by atoms with Crippen molar-refractivity contribution in [2.45, 2.75) is 19.5 Å². The first-order chi connectivity index (χ1) is 9.95. The molecule has 0 amide bonds. The number of nitrogens with one attached hydrogen (secondary N) is 1. The van der Waals surface area contributed by atoms with E-state index in [9.17, 15) is 10.2 Å². The summed E-state index contributed by atoms with van der Waals surface area (Å²) in [6.45, 7) is 2.83. The van der Waals surface area contributed by atoms with Crippen LogP contribution in [-0.2, 0) is 6.54 Å². The van der Waals surface area contributed by atoms with Crippen molar-refractivity contribution >= 4 is 5.69 Å². The summed E-state index contributed by atoms with van der Waals surface area (Å²) in [6.07, 6.45) is 0. The second kappa shape index (κ2) is 6.50. The van der Waals surface area contributed by atoms with Crippen molar-refractivity contribution in [3.05, 3.63) is 53.6 Å². The van der Waals surface area contributed by atoms with Gasteiger partial charge in [0, 0.05) is 17.8 Å². The molecule has 0 aliphatic heterocycles. The monoisotopic (exact) mass is 286 g/mol. The maximum atomic E-state index is 9.90. The van der Waals surface area contributed by atoms with Crippen molar-refractivity contribution in [3.63, 3.8) is 0 Å². The molecule has 0 radical (unpaired) electrons. The molecule has 0 fully saturated rings. The molecule has 1 atom stereocenters. The highest BCUT2D eigenvalue weighted by Crippen LogP contribution is 2.30. The summed E-state index contributed by atoms with van der Waals surface area (Å²) in [7, 11) is 4.07. The Morgan fingerprint density at radius 3 is 2.57 bits per heavy atom. The maximum absolute atomic E-state index is 9.90. The molecule has 0 spiro atoms. The fraction of sp³-hybridized carbons (Fsp3) is 0.294. The van der Waals surface area contributed by atoms with E-state index in [1.807, 2.05) is 33.2 Å². The average Bonchev–Trinajstić information content (AvgIpc) is 2.41. The van der Waals surface area contributed by atoms with E-state index in [0.29, 0.717) is 5.56 Å². The third kappa shape index (κ3) is 4.13. The van der Waals surface area contributed by atoms with Crippen molar-refractivity contribution in [3.8, 4) is 11.5 Å². The van der Waals surface area contributed by atoms with Gasteiger partial charge in [-0.15, -0.1) is 0 Å². The Bertz CT molecular complexity index is 611. The first kappa shape index (κ1) is 15.2. The van der Waals surface area contributed by atoms with Crippen LogP contribution in [0.1, 0.15) is 24.1 Å². The fourth-order valence-electron chi connectivity index (χ4n) is 2.34. The van der Waals surface area contributed by atoms with Gasteiger partial charge in [-0.05, 0) is 56.9 Å². The summed E-state index contributed by atoms with van der Waals surface area (Å²) in [5, 5.41) is 22.8. The standard InChI is InChI=1S/C17H22N2O2/c1-12(16-10-15(20)7-8-17(16)21)18-14-6-4-5-13(9-14)11-19(2)3/h4-10,12,18,20-21H,11H2,1-3H3. The van der Waals surface area contributed by atoms with Gasteiger partial charge in [-0.25, -0.2) is 0 Å². The van der Waals surface area contributed by atoms with Crippen LogP contribution in [0.2, 0.25) is 0 Å². The molecular formula is C17H22N2O2. The largest absolute Gasteiger partial charge is 0.508 e. The minimum atomic E-state index is -0.105. The van der Waals surface area contributed by atoms with Crippen molar-refractivity contribution in [1.82, 2.24) is 4.90 Å². The predicted molar refractivity (Wildman–Crippen MR) is 85.6 cm³/mol. The van der Waals surface area contributed by atoms with Crippen molar-refractivity contribution in [2.75, 3.05) is 19.4 Å². The van der Waals surface area contributed by atoms with Gasteiger partial charge in [0.25, 0.3) is 0 Å². The van der Waals surface area contributed by atoms with Crippen molar-refractivity contribution in [2.24, 2.45) is 0 Å². The quantitative estimate of drug-likeness (QED) is 0.738. The molecule has 0 bridgehead atoms. The van der Waals surface area contributed by atoms with E-state index in [1.165, 1.54) is 17.7 Å². The number of aromatic hydroxyl groups is 2. The van der Waals surface area contributed by atoms with Crippen LogP contribution in [0.3, 0.4) is 0 Å². The summed E-state index contributed by atoms with van der Waals surface area (Å²) in [5.74, 6) is 0.329. The predicted octanol–water partition coefficient (Wildman–Crippen LogP) is 3.33. The third-order valence-corrected chi connectivity index (χ3v) is 3.29. The highest BCUT2D eigenvalue weighted by molar-refractivity contribution is 5.50. The van der Waals surface area contributed by atoms with Gasteiger partial charge in [0.05, 0.1) is 6.04 Å². The number of anilines is 1. The summed E-state index contributed by atoms with van der Waals surface area (Å²) < 4.78 is 0. The fourth-order valence-corrected chi connectivity index (χ4v) is 2.34. The summed E-state index contributed by atoms with van der Waals surface area (Å²) in [4.78, 5) is 2.11. The number of nitrogens with zero attached hydrogens (tertiary/aromatic N) is 1. The first-order valence-electron chi connectivity index (χ1n) is 6.98. The van der Waals surface area contributed by atoms with Gasteiger partial charge in [-0.3, -0.25) is 0 Å². The van der Waals surface area contributed by atoms with Crippen molar-refractivity contribution in [1.29, 1.82) is 0 Å². The number of rotatable bonds is 5. The number of phenols is 2. The van der Waals surface area contributed by atoms with E-state index >= 15 is 0 Å². The second-order valence-corrected chi connectivity index (χ2v) is 5.55. The lowest BCUT2D eigenvalue weighted by Crippen LogP contribution is -2.11. The molecule has 2 rings (SSSR count). The van der Waals surface area contributed by atoms with Gasteiger partial charge < -0.3 is 20.4 Å². The highest BCUT2D eigenvalue weighted by Gasteiger charge is 2.11. The molecule has 3 N–H and O–H groups in total. The summed E-state index contributed by atoms with van der Waals surface area (Å²) >= 11 is 0. The van der Waals surface area contributed by atoms with Crippen LogP contribution in [0.4, 0.5) is 5.69 Å². The Balaban J connectivity index is 2.15.